The average molecular weight is 445 g/mol. The highest BCUT2D eigenvalue weighted by Gasteiger charge is 2.28. The smallest absolute Gasteiger partial charge is 0.257 e. The zero-order valence-corrected chi connectivity index (χ0v) is 17.9. The quantitative estimate of drug-likeness (QED) is 0.609. The van der Waals surface area contributed by atoms with Crippen LogP contribution in [0.2, 0.25) is 0 Å². The summed E-state index contributed by atoms with van der Waals surface area (Å²) in [5.74, 6) is -0.352. The molecule has 1 N–H and O–H groups in total. The number of carbonyl (C=O) groups excluding carboxylic acids is 2. The van der Waals surface area contributed by atoms with Crippen LogP contribution in [0.4, 0.5) is 5.13 Å². The topological polar surface area (TPSA) is 99.7 Å². The van der Waals surface area contributed by atoms with Gasteiger partial charge >= 0.3 is 0 Å². The van der Waals surface area contributed by atoms with E-state index in [1.54, 1.807) is 4.90 Å². The molecule has 8 nitrogen and oxygen atoms in total. The number of nitrogens with zero attached hydrogens (tertiary/aromatic N) is 3. The third kappa shape index (κ3) is 4.07. The molecule has 4 rings (SSSR count). The summed E-state index contributed by atoms with van der Waals surface area (Å²) in [5.41, 5.74) is 2.28. The van der Waals surface area contributed by atoms with Crippen molar-refractivity contribution < 1.29 is 18.0 Å². The number of aryl methyl sites for hydroxylation is 1. The summed E-state index contributed by atoms with van der Waals surface area (Å²) < 4.78 is 27.9. The maximum Gasteiger partial charge on any atom is 0.257 e. The minimum atomic E-state index is -3.67. The number of rotatable bonds is 5. The van der Waals surface area contributed by atoms with Gasteiger partial charge in [0.1, 0.15) is 0 Å². The van der Waals surface area contributed by atoms with Gasteiger partial charge in [0, 0.05) is 31.7 Å². The minimum absolute atomic E-state index is 0.120. The SMILES string of the molecule is Cc1ccc2nc(NC(=O)c3ccc(S(=O)(=O)N4CCN(C=O)CC4)cc3)sc2c1. The van der Waals surface area contributed by atoms with E-state index in [1.807, 2.05) is 25.1 Å². The van der Waals surface area contributed by atoms with Gasteiger partial charge in [-0.05, 0) is 48.9 Å². The first kappa shape index (κ1) is 20.5. The van der Waals surface area contributed by atoms with Crippen LogP contribution in [0.1, 0.15) is 15.9 Å². The Morgan fingerprint density at radius 2 is 1.80 bits per heavy atom. The molecule has 1 saturated heterocycles. The summed E-state index contributed by atoms with van der Waals surface area (Å²) >= 11 is 1.39. The normalized spacial score (nSPS) is 15.3. The molecule has 1 aliphatic heterocycles. The molecular weight excluding hydrogens is 424 g/mol. The van der Waals surface area contributed by atoms with E-state index >= 15 is 0 Å². The molecule has 0 radical (unpaired) electrons. The van der Waals surface area contributed by atoms with E-state index in [0.29, 0.717) is 23.8 Å². The number of benzene rings is 2. The van der Waals surface area contributed by atoms with Crippen LogP contribution in [0.3, 0.4) is 0 Å². The van der Waals surface area contributed by atoms with E-state index in [1.165, 1.54) is 39.9 Å². The molecule has 156 valence electrons. The molecule has 0 aliphatic carbocycles. The third-order valence-corrected chi connectivity index (χ3v) is 7.79. The molecule has 0 spiro atoms. The maximum atomic E-state index is 12.8. The number of hydrogen-bond donors (Lipinski definition) is 1. The molecular formula is C20H20N4O4S2. The van der Waals surface area contributed by atoms with Crippen LogP contribution in [0.15, 0.2) is 47.4 Å². The summed E-state index contributed by atoms with van der Waals surface area (Å²) in [6, 6.07) is 11.7. The first-order valence-electron chi connectivity index (χ1n) is 9.35. The molecule has 0 saturated carbocycles. The zero-order valence-electron chi connectivity index (χ0n) is 16.2. The Morgan fingerprint density at radius 3 is 2.47 bits per heavy atom. The van der Waals surface area contributed by atoms with E-state index < -0.39 is 10.0 Å². The fraction of sp³-hybridized carbons (Fsp3) is 0.250. The maximum absolute atomic E-state index is 12.8. The predicted octanol–water partition coefficient (Wildman–Crippen LogP) is 2.32. The number of carbonyl (C=O) groups is 2. The Balaban J connectivity index is 1.47. The molecule has 0 atom stereocenters. The van der Waals surface area contributed by atoms with E-state index in [9.17, 15) is 18.0 Å². The van der Waals surface area contributed by atoms with Gasteiger partial charge in [-0.25, -0.2) is 13.4 Å². The van der Waals surface area contributed by atoms with Gasteiger partial charge in [-0.2, -0.15) is 4.31 Å². The molecule has 3 aromatic rings. The summed E-state index contributed by atoms with van der Waals surface area (Å²) in [6.45, 7) is 3.23. The molecule has 2 amide bonds. The number of anilines is 1. The lowest BCUT2D eigenvalue weighted by atomic mass is 10.2. The first-order valence-corrected chi connectivity index (χ1v) is 11.6. The number of fused-ring (bicyclic) bond motifs is 1. The second-order valence-electron chi connectivity index (χ2n) is 7.01. The van der Waals surface area contributed by atoms with Crippen molar-refractivity contribution in [1.82, 2.24) is 14.2 Å². The molecule has 1 aliphatic rings. The van der Waals surface area contributed by atoms with Crippen molar-refractivity contribution in [3.8, 4) is 0 Å². The number of nitrogens with one attached hydrogen (secondary N) is 1. The van der Waals surface area contributed by atoms with Crippen LogP contribution < -0.4 is 5.32 Å². The minimum Gasteiger partial charge on any atom is -0.343 e. The van der Waals surface area contributed by atoms with E-state index in [0.717, 1.165) is 22.2 Å². The lowest BCUT2D eigenvalue weighted by molar-refractivity contribution is -0.119. The third-order valence-electron chi connectivity index (χ3n) is 4.94. The molecule has 10 heteroatoms. The van der Waals surface area contributed by atoms with Gasteiger partial charge < -0.3 is 4.90 Å². The average Bonchev–Trinajstić information content (AvgIpc) is 3.15. The van der Waals surface area contributed by atoms with Crippen molar-refractivity contribution in [3.05, 3.63) is 53.6 Å². The van der Waals surface area contributed by atoms with E-state index in [2.05, 4.69) is 10.3 Å². The molecule has 1 fully saturated rings. The number of sulfonamides is 1. The number of piperazine rings is 1. The monoisotopic (exact) mass is 444 g/mol. The van der Waals surface area contributed by atoms with E-state index in [-0.39, 0.29) is 23.9 Å². The highest BCUT2D eigenvalue weighted by Crippen LogP contribution is 2.27. The van der Waals surface area contributed by atoms with Gasteiger partial charge in [0.15, 0.2) is 5.13 Å². The van der Waals surface area contributed by atoms with Crippen molar-refractivity contribution in [2.75, 3.05) is 31.5 Å². The number of aromatic nitrogens is 1. The number of hydrogen-bond acceptors (Lipinski definition) is 6. The van der Waals surface area contributed by atoms with Gasteiger partial charge in [-0.3, -0.25) is 14.9 Å². The summed E-state index contributed by atoms with van der Waals surface area (Å²) in [6.07, 6.45) is 0.726. The van der Waals surface area contributed by atoms with Crippen molar-refractivity contribution in [2.24, 2.45) is 0 Å². The molecule has 0 unspecified atom stereocenters. The Kier molecular flexibility index (Phi) is 5.54. The Labute approximate surface area is 178 Å². The number of thiazole rings is 1. The Hall–Kier alpha value is -2.82. The zero-order chi connectivity index (χ0) is 21.3. The van der Waals surface area contributed by atoms with Gasteiger partial charge in [0.05, 0.1) is 15.1 Å². The first-order chi connectivity index (χ1) is 14.4. The van der Waals surface area contributed by atoms with Crippen LogP contribution in [0.5, 0.6) is 0 Å². The fourth-order valence-corrected chi connectivity index (χ4v) is 5.61. The van der Waals surface area contributed by atoms with Crippen molar-refractivity contribution in [1.29, 1.82) is 0 Å². The second-order valence-corrected chi connectivity index (χ2v) is 9.98. The van der Waals surface area contributed by atoms with Gasteiger partial charge in [0.25, 0.3) is 5.91 Å². The highest BCUT2D eigenvalue weighted by atomic mass is 32.2. The van der Waals surface area contributed by atoms with Crippen LogP contribution in [-0.4, -0.2) is 61.1 Å². The van der Waals surface area contributed by atoms with Gasteiger partial charge in [-0.1, -0.05) is 17.4 Å². The van der Waals surface area contributed by atoms with Crippen LogP contribution in [-0.2, 0) is 14.8 Å². The summed E-state index contributed by atoms with van der Waals surface area (Å²) in [7, 11) is -3.67. The molecule has 1 aromatic heterocycles. The lowest BCUT2D eigenvalue weighted by Crippen LogP contribution is -2.47. The highest BCUT2D eigenvalue weighted by molar-refractivity contribution is 7.89. The molecule has 30 heavy (non-hydrogen) atoms. The van der Waals surface area contributed by atoms with Crippen molar-refractivity contribution in [2.45, 2.75) is 11.8 Å². The van der Waals surface area contributed by atoms with Crippen molar-refractivity contribution in [3.63, 3.8) is 0 Å². The van der Waals surface area contributed by atoms with Crippen molar-refractivity contribution >= 4 is 49.0 Å². The van der Waals surface area contributed by atoms with E-state index in [4.69, 9.17) is 0 Å². The fourth-order valence-electron chi connectivity index (χ4n) is 3.23. The molecule has 2 heterocycles. The summed E-state index contributed by atoms with van der Waals surface area (Å²) in [4.78, 5) is 29.4. The van der Waals surface area contributed by atoms with Crippen LogP contribution in [0, 0.1) is 6.92 Å². The second kappa shape index (κ2) is 8.13. The van der Waals surface area contributed by atoms with Crippen LogP contribution in [0.25, 0.3) is 10.2 Å². The standard InChI is InChI=1S/C20H20N4O4S2/c1-14-2-7-17-18(12-14)29-20(21-17)22-19(26)15-3-5-16(6-4-15)30(27,28)24-10-8-23(13-25)9-11-24/h2-7,12-13H,8-11H2,1H3,(H,21,22,26). The Bertz CT molecular complexity index is 1200. The van der Waals surface area contributed by atoms with Crippen LogP contribution >= 0.6 is 11.3 Å². The lowest BCUT2D eigenvalue weighted by Gasteiger charge is -2.31. The largest absolute Gasteiger partial charge is 0.343 e. The Morgan fingerprint density at radius 1 is 1.10 bits per heavy atom. The molecule has 2 aromatic carbocycles. The predicted molar refractivity (Wildman–Crippen MR) is 115 cm³/mol. The number of amides is 2. The van der Waals surface area contributed by atoms with Gasteiger partial charge in [0.2, 0.25) is 16.4 Å². The summed E-state index contributed by atoms with van der Waals surface area (Å²) in [5, 5.41) is 3.26. The van der Waals surface area contributed by atoms with Gasteiger partial charge in [-0.15, -0.1) is 0 Å². The molecule has 0 bridgehead atoms.